The van der Waals surface area contributed by atoms with Crippen LogP contribution in [0.25, 0.3) is 0 Å². The molecule has 3 fully saturated rings. The van der Waals surface area contributed by atoms with Gasteiger partial charge in [-0.25, -0.2) is 0 Å². The molecule has 3 rings (SSSR count). The summed E-state index contributed by atoms with van der Waals surface area (Å²) < 4.78 is 0. The van der Waals surface area contributed by atoms with Crippen LogP contribution in [0.4, 0.5) is 0 Å². The fraction of sp³-hybridized carbons (Fsp3) is 0.846. The van der Waals surface area contributed by atoms with E-state index in [2.05, 4.69) is 13.5 Å². The van der Waals surface area contributed by atoms with Crippen molar-refractivity contribution < 1.29 is 10.2 Å². The molecule has 0 amide bonds. The predicted molar refractivity (Wildman–Crippen MR) is 60.3 cm³/mol. The van der Waals surface area contributed by atoms with Crippen molar-refractivity contribution in [3.05, 3.63) is 12.7 Å². The number of aliphatic hydroxyl groups excluding tert-OH is 2. The molecule has 0 spiro atoms. The van der Waals surface area contributed by atoms with Gasteiger partial charge in [-0.1, -0.05) is 13.0 Å². The molecule has 0 aromatic rings. The Morgan fingerprint density at radius 2 is 2.27 bits per heavy atom. The number of hydrogen-bond acceptors (Lipinski definition) is 2. The lowest BCUT2D eigenvalue weighted by molar-refractivity contribution is -0.147. The van der Waals surface area contributed by atoms with Gasteiger partial charge in [-0.2, -0.15) is 0 Å². The van der Waals surface area contributed by atoms with Crippen molar-refractivity contribution in [1.29, 1.82) is 0 Å². The van der Waals surface area contributed by atoms with Crippen molar-refractivity contribution in [1.82, 2.24) is 0 Å². The highest BCUT2D eigenvalue weighted by atomic mass is 16.3. The van der Waals surface area contributed by atoms with Gasteiger partial charge < -0.3 is 10.2 Å². The second-order valence-corrected chi connectivity index (χ2v) is 5.54. The SMILES string of the molecule is C=CC[C@@H]1C(O)[C@@H]2CC[C@@]1(C)[C@H](CO)C2. The Bertz CT molecular complexity index is 251. The van der Waals surface area contributed by atoms with E-state index in [0.29, 0.717) is 17.8 Å². The summed E-state index contributed by atoms with van der Waals surface area (Å²) in [6.45, 7) is 6.29. The van der Waals surface area contributed by atoms with Crippen LogP contribution < -0.4 is 0 Å². The van der Waals surface area contributed by atoms with E-state index in [-0.39, 0.29) is 18.1 Å². The second-order valence-electron chi connectivity index (χ2n) is 5.54. The smallest absolute Gasteiger partial charge is 0.0604 e. The first-order chi connectivity index (χ1) is 7.13. The monoisotopic (exact) mass is 210 g/mol. The van der Waals surface area contributed by atoms with Gasteiger partial charge in [0.1, 0.15) is 0 Å². The largest absolute Gasteiger partial charge is 0.396 e. The molecule has 15 heavy (non-hydrogen) atoms. The Hall–Kier alpha value is -0.340. The summed E-state index contributed by atoms with van der Waals surface area (Å²) in [5.74, 6) is 1.10. The third kappa shape index (κ3) is 1.55. The normalized spacial score (nSPS) is 49.3. The van der Waals surface area contributed by atoms with Gasteiger partial charge >= 0.3 is 0 Å². The standard InChI is InChI=1S/C13H22O2/c1-3-4-11-12(15)9-5-6-13(11,2)10(7-9)8-14/h3,9-12,14-15H,1,4-8H2,2H3/t9-,10+,11-,12?,13+/m1/s1. The lowest BCUT2D eigenvalue weighted by Crippen LogP contribution is -2.55. The van der Waals surface area contributed by atoms with Crippen LogP contribution in [-0.2, 0) is 0 Å². The molecule has 0 saturated heterocycles. The number of fused-ring (bicyclic) bond motifs is 3. The first-order valence-electron chi connectivity index (χ1n) is 6.03. The third-order valence-electron chi connectivity index (χ3n) is 4.96. The molecule has 2 heteroatoms. The molecule has 3 aliphatic rings. The maximum atomic E-state index is 10.2. The summed E-state index contributed by atoms with van der Waals surface area (Å²) in [5, 5.41) is 19.7. The fourth-order valence-electron chi connectivity index (χ4n) is 3.84. The van der Waals surface area contributed by atoms with Gasteiger partial charge in [-0.05, 0) is 48.9 Å². The van der Waals surface area contributed by atoms with Crippen LogP contribution in [0.15, 0.2) is 12.7 Å². The zero-order valence-electron chi connectivity index (χ0n) is 9.52. The number of allylic oxidation sites excluding steroid dienone is 1. The molecular formula is C13H22O2. The van der Waals surface area contributed by atoms with Crippen LogP contribution in [0.3, 0.4) is 0 Å². The van der Waals surface area contributed by atoms with Gasteiger partial charge in [0, 0.05) is 6.61 Å². The molecule has 3 saturated carbocycles. The Kier molecular flexibility index (Phi) is 2.91. The highest BCUT2D eigenvalue weighted by Crippen LogP contribution is 2.57. The Morgan fingerprint density at radius 1 is 1.53 bits per heavy atom. The molecule has 0 aliphatic heterocycles. The van der Waals surface area contributed by atoms with Crippen LogP contribution in [-0.4, -0.2) is 22.9 Å². The van der Waals surface area contributed by atoms with E-state index in [4.69, 9.17) is 0 Å². The quantitative estimate of drug-likeness (QED) is 0.699. The fourth-order valence-corrected chi connectivity index (χ4v) is 3.84. The molecule has 3 aliphatic carbocycles. The lowest BCUT2D eigenvalue weighted by atomic mass is 9.49. The van der Waals surface area contributed by atoms with E-state index >= 15 is 0 Å². The maximum Gasteiger partial charge on any atom is 0.0604 e. The minimum absolute atomic E-state index is 0.122. The van der Waals surface area contributed by atoms with Gasteiger partial charge in [0.15, 0.2) is 0 Å². The lowest BCUT2D eigenvalue weighted by Gasteiger charge is -2.57. The zero-order chi connectivity index (χ0) is 11.1. The average Bonchev–Trinajstić information content (AvgIpc) is 2.24. The van der Waals surface area contributed by atoms with E-state index in [1.807, 2.05) is 6.08 Å². The molecule has 0 aromatic heterocycles. The maximum absolute atomic E-state index is 10.2. The topological polar surface area (TPSA) is 40.5 Å². The van der Waals surface area contributed by atoms with Crippen LogP contribution in [0.1, 0.15) is 32.6 Å². The molecule has 2 nitrogen and oxygen atoms in total. The second kappa shape index (κ2) is 3.91. The van der Waals surface area contributed by atoms with Gasteiger partial charge in [0.05, 0.1) is 6.10 Å². The van der Waals surface area contributed by atoms with E-state index in [9.17, 15) is 10.2 Å². The highest BCUT2D eigenvalue weighted by molar-refractivity contribution is 5.05. The van der Waals surface area contributed by atoms with Crippen LogP contribution in [0.2, 0.25) is 0 Å². The van der Waals surface area contributed by atoms with Crippen molar-refractivity contribution in [2.75, 3.05) is 6.61 Å². The van der Waals surface area contributed by atoms with Crippen molar-refractivity contribution >= 4 is 0 Å². The van der Waals surface area contributed by atoms with Crippen LogP contribution in [0.5, 0.6) is 0 Å². The molecule has 2 N–H and O–H groups in total. The van der Waals surface area contributed by atoms with E-state index in [1.165, 1.54) is 0 Å². The average molecular weight is 210 g/mol. The molecule has 86 valence electrons. The first kappa shape index (κ1) is 11.2. The van der Waals surface area contributed by atoms with E-state index in [1.54, 1.807) is 0 Å². The van der Waals surface area contributed by atoms with E-state index < -0.39 is 0 Å². The Morgan fingerprint density at radius 3 is 2.87 bits per heavy atom. The molecule has 1 unspecified atom stereocenters. The minimum Gasteiger partial charge on any atom is -0.396 e. The summed E-state index contributed by atoms with van der Waals surface area (Å²) in [6.07, 6.45) is 5.89. The third-order valence-corrected chi connectivity index (χ3v) is 4.96. The van der Waals surface area contributed by atoms with Gasteiger partial charge in [-0.3, -0.25) is 0 Å². The van der Waals surface area contributed by atoms with E-state index in [0.717, 1.165) is 25.7 Å². The van der Waals surface area contributed by atoms with Crippen molar-refractivity contribution in [2.45, 2.75) is 38.7 Å². The number of aliphatic hydroxyl groups is 2. The summed E-state index contributed by atoms with van der Waals surface area (Å²) in [4.78, 5) is 0. The van der Waals surface area contributed by atoms with Crippen LogP contribution in [0, 0.1) is 23.2 Å². The van der Waals surface area contributed by atoms with Crippen molar-refractivity contribution in [3.8, 4) is 0 Å². The molecule has 2 bridgehead atoms. The first-order valence-corrected chi connectivity index (χ1v) is 6.03. The molecule has 0 aromatic carbocycles. The summed E-state index contributed by atoms with van der Waals surface area (Å²) in [6, 6.07) is 0. The Labute approximate surface area is 92.0 Å². The number of rotatable bonds is 3. The molecular weight excluding hydrogens is 188 g/mol. The van der Waals surface area contributed by atoms with Gasteiger partial charge in [0.2, 0.25) is 0 Å². The molecule has 5 atom stereocenters. The number of hydrogen-bond donors (Lipinski definition) is 2. The predicted octanol–water partition coefficient (Wildman–Crippen LogP) is 1.97. The Balaban J connectivity index is 2.25. The summed E-state index contributed by atoms with van der Waals surface area (Å²) in [5.41, 5.74) is 0.122. The highest BCUT2D eigenvalue weighted by Gasteiger charge is 2.54. The summed E-state index contributed by atoms with van der Waals surface area (Å²) in [7, 11) is 0. The van der Waals surface area contributed by atoms with Crippen molar-refractivity contribution in [3.63, 3.8) is 0 Å². The van der Waals surface area contributed by atoms with Crippen molar-refractivity contribution in [2.24, 2.45) is 23.2 Å². The molecule has 0 heterocycles. The van der Waals surface area contributed by atoms with Gasteiger partial charge in [0.25, 0.3) is 0 Å². The minimum atomic E-state index is -0.176. The summed E-state index contributed by atoms with van der Waals surface area (Å²) >= 11 is 0. The zero-order valence-corrected chi connectivity index (χ0v) is 9.52. The van der Waals surface area contributed by atoms with Gasteiger partial charge in [-0.15, -0.1) is 6.58 Å². The molecule has 0 radical (unpaired) electrons. The van der Waals surface area contributed by atoms with Crippen LogP contribution >= 0.6 is 0 Å².